The van der Waals surface area contributed by atoms with Gasteiger partial charge in [0.15, 0.2) is 0 Å². The topological polar surface area (TPSA) is 76.5 Å². The molecule has 1 aliphatic carbocycles. The molecule has 1 saturated heterocycles. The van der Waals surface area contributed by atoms with Crippen LogP contribution in [0.1, 0.15) is 44.7 Å². The largest absolute Gasteiger partial charge is 0.465 e. The summed E-state index contributed by atoms with van der Waals surface area (Å²) < 4.78 is 6.26. The van der Waals surface area contributed by atoms with Gasteiger partial charge in [0.05, 0.1) is 6.61 Å². The van der Waals surface area contributed by atoms with E-state index in [0.29, 0.717) is 24.9 Å². The van der Waals surface area contributed by atoms with Crippen LogP contribution < -0.4 is 10.9 Å². The summed E-state index contributed by atoms with van der Waals surface area (Å²) >= 11 is 0. The first kappa shape index (κ1) is 19.0. The highest BCUT2D eigenvalue weighted by molar-refractivity contribution is 5.69. The highest BCUT2D eigenvalue weighted by Crippen LogP contribution is 2.32. The smallest absolute Gasteiger partial charge is 0.326 e. The van der Waals surface area contributed by atoms with Gasteiger partial charge in [-0.3, -0.25) is 14.6 Å². The van der Waals surface area contributed by atoms with E-state index in [2.05, 4.69) is 15.2 Å². The van der Waals surface area contributed by atoms with Gasteiger partial charge in [-0.2, -0.15) is 0 Å². The van der Waals surface area contributed by atoms with Crippen LogP contribution >= 0.6 is 0 Å². The lowest BCUT2D eigenvalue weighted by molar-refractivity contribution is -0.143. The molecule has 7 nitrogen and oxygen atoms in total. The van der Waals surface area contributed by atoms with Crippen LogP contribution in [-0.4, -0.2) is 52.7 Å². The lowest BCUT2D eigenvalue weighted by Gasteiger charge is -2.24. The molecule has 7 heteroatoms. The number of carbonyl (C=O) groups is 1. The zero-order valence-electron chi connectivity index (χ0n) is 15.7. The Morgan fingerprint density at radius 3 is 3.00 bits per heavy atom. The normalized spacial score (nSPS) is 20.4. The molecule has 1 aromatic rings. The molecule has 2 heterocycles. The van der Waals surface area contributed by atoms with Crippen molar-refractivity contribution in [3.8, 4) is 0 Å². The fraction of sp³-hybridized carbons (Fsp3) is 0.737. The monoisotopic (exact) mass is 362 g/mol. The van der Waals surface area contributed by atoms with Gasteiger partial charge in [-0.25, -0.2) is 0 Å². The van der Waals surface area contributed by atoms with Crippen molar-refractivity contribution in [2.24, 2.45) is 5.92 Å². The fourth-order valence-corrected chi connectivity index (χ4v) is 3.65. The van der Waals surface area contributed by atoms with Crippen LogP contribution in [0.2, 0.25) is 0 Å². The van der Waals surface area contributed by atoms with Crippen LogP contribution in [0.4, 0.5) is 0 Å². The van der Waals surface area contributed by atoms with Crippen LogP contribution in [0, 0.1) is 5.92 Å². The van der Waals surface area contributed by atoms with Crippen molar-refractivity contribution in [1.82, 2.24) is 19.8 Å². The molecule has 144 valence electrons. The van der Waals surface area contributed by atoms with Crippen LogP contribution in [0.15, 0.2) is 17.2 Å². The Bertz CT molecular complexity index is 656. The number of carbonyl (C=O) groups excluding carboxylic acids is 1. The molecule has 2 aliphatic rings. The van der Waals surface area contributed by atoms with E-state index in [1.807, 2.05) is 0 Å². The molecule has 0 spiro atoms. The lowest BCUT2D eigenvalue weighted by atomic mass is 10.1. The number of nitrogens with one attached hydrogen (secondary N) is 1. The van der Waals surface area contributed by atoms with Gasteiger partial charge >= 0.3 is 5.97 Å². The van der Waals surface area contributed by atoms with Gasteiger partial charge in [-0.1, -0.05) is 0 Å². The van der Waals surface area contributed by atoms with Crippen molar-refractivity contribution in [3.05, 3.63) is 28.4 Å². The quantitative estimate of drug-likeness (QED) is 0.497. The average Bonchev–Trinajstić information content (AvgIpc) is 3.33. The standard InChI is InChI=1S/C19H30N4O3/c1-2-26-18(24)14-23-11-9-21-17(19(23)25)12-20-8-7-16-4-3-10-22(16)13-15-5-6-15/h9,11,15-16,20H,2-8,10,12-14H2,1H3. The Hall–Kier alpha value is -1.73. The molecular weight excluding hydrogens is 332 g/mol. The van der Waals surface area contributed by atoms with Gasteiger partial charge in [0.2, 0.25) is 0 Å². The highest BCUT2D eigenvalue weighted by Gasteiger charge is 2.30. The van der Waals surface area contributed by atoms with Gasteiger partial charge in [-0.05, 0) is 58.0 Å². The molecule has 1 atom stereocenters. The van der Waals surface area contributed by atoms with Crippen LogP contribution in [0.5, 0.6) is 0 Å². The second kappa shape index (κ2) is 9.28. The lowest BCUT2D eigenvalue weighted by Crippen LogP contribution is -2.35. The van der Waals surface area contributed by atoms with E-state index in [-0.39, 0.29) is 12.1 Å². The van der Waals surface area contributed by atoms with Crippen LogP contribution in [0.25, 0.3) is 0 Å². The van der Waals surface area contributed by atoms with E-state index in [4.69, 9.17) is 4.74 Å². The number of nitrogens with zero attached hydrogens (tertiary/aromatic N) is 3. The minimum atomic E-state index is -0.406. The van der Waals surface area contributed by atoms with E-state index in [1.165, 1.54) is 49.5 Å². The third-order valence-corrected chi connectivity index (χ3v) is 5.22. The number of esters is 1. The van der Waals surface area contributed by atoms with Crippen molar-refractivity contribution in [1.29, 1.82) is 0 Å². The average molecular weight is 362 g/mol. The number of aromatic nitrogens is 2. The van der Waals surface area contributed by atoms with Crippen molar-refractivity contribution in [3.63, 3.8) is 0 Å². The summed E-state index contributed by atoms with van der Waals surface area (Å²) in [6.45, 7) is 5.80. The fourth-order valence-electron chi connectivity index (χ4n) is 3.65. The molecule has 0 bridgehead atoms. The van der Waals surface area contributed by atoms with Gasteiger partial charge in [0.25, 0.3) is 5.56 Å². The molecule has 1 aromatic heterocycles. The summed E-state index contributed by atoms with van der Waals surface area (Å²) in [4.78, 5) is 30.8. The van der Waals surface area contributed by atoms with E-state index >= 15 is 0 Å². The second-order valence-corrected chi connectivity index (χ2v) is 7.31. The maximum atomic E-state index is 12.4. The van der Waals surface area contributed by atoms with Crippen molar-refractivity contribution < 1.29 is 9.53 Å². The van der Waals surface area contributed by atoms with Crippen molar-refractivity contribution in [2.75, 3.05) is 26.2 Å². The Labute approximate surface area is 154 Å². The molecule has 0 aromatic carbocycles. The number of rotatable bonds is 10. The first-order chi connectivity index (χ1) is 12.7. The second-order valence-electron chi connectivity index (χ2n) is 7.31. The van der Waals surface area contributed by atoms with Gasteiger partial charge in [0, 0.05) is 31.5 Å². The SMILES string of the molecule is CCOC(=O)Cn1ccnc(CNCCC2CCCN2CC2CC2)c1=O. The molecule has 1 N–H and O–H groups in total. The Kier molecular flexibility index (Phi) is 6.80. The number of likely N-dealkylation sites (tertiary alicyclic amines) is 1. The maximum absolute atomic E-state index is 12.4. The first-order valence-electron chi connectivity index (χ1n) is 9.82. The van der Waals surface area contributed by atoms with Crippen molar-refractivity contribution in [2.45, 2.75) is 58.2 Å². The molecule has 26 heavy (non-hydrogen) atoms. The van der Waals surface area contributed by atoms with Crippen LogP contribution in [-0.2, 0) is 22.6 Å². The molecule has 0 radical (unpaired) electrons. The molecule has 1 aliphatic heterocycles. The van der Waals surface area contributed by atoms with E-state index in [0.717, 1.165) is 18.9 Å². The molecule has 2 fully saturated rings. The summed E-state index contributed by atoms with van der Waals surface area (Å²) in [5.41, 5.74) is 0.210. The molecular formula is C19H30N4O3. The minimum absolute atomic E-state index is 0.0691. The Morgan fingerprint density at radius 1 is 1.38 bits per heavy atom. The summed E-state index contributed by atoms with van der Waals surface area (Å²) in [6.07, 6.45) is 9.58. The van der Waals surface area contributed by atoms with Crippen LogP contribution in [0.3, 0.4) is 0 Å². The third kappa shape index (κ3) is 5.38. The number of ether oxygens (including phenoxy) is 1. The Balaban J connectivity index is 1.44. The zero-order valence-corrected chi connectivity index (χ0v) is 15.7. The molecule has 0 amide bonds. The van der Waals surface area contributed by atoms with Gasteiger partial charge < -0.3 is 19.5 Å². The predicted octanol–water partition coefficient (Wildman–Crippen LogP) is 1.16. The summed E-state index contributed by atoms with van der Waals surface area (Å²) in [5.74, 6) is 0.534. The number of hydrogen-bond acceptors (Lipinski definition) is 6. The van der Waals surface area contributed by atoms with E-state index in [9.17, 15) is 9.59 Å². The van der Waals surface area contributed by atoms with Gasteiger partial charge in [0.1, 0.15) is 12.2 Å². The summed E-state index contributed by atoms with van der Waals surface area (Å²) in [7, 11) is 0. The molecule has 1 saturated carbocycles. The van der Waals surface area contributed by atoms with Gasteiger partial charge in [-0.15, -0.1) is 0 Å². The first-order valence-corrected chi connectivity index (χ1v) is 9.82. The summed E-state index contributed by atoms with van der Waals surface area (Å²) in [5, 5.41) is 3.35. The Morgan fingerprint density at radius 2 is 2.23 bits per heavy atom. The molecule has 1 unspecified atom stereocenters. The predicted molar refractivity (Wildman–Crippen MR) is 98.8 cm³/mol. The third-order valence-electron chi connectivity index (χ3n) is 5.22. The highest BCUT2D eigenvalue weighted by atomic mass is 16.5. The zero-order chi connectivity index (χ0) is 18.4. The van der Waals surface area contributed by atoms with Crippen molar-refractivity contribution >= 4 is 5.97 Å². The van der Waals surface area contributed by atoms with E-state index < -0.39 is 5.97 Å². The number of hydrogen-bond donors (Lipinski definition) is 1. The van der Waals surface area contributed by atoms with E-state index in [1.54, 1.807) is 13.1 Å². The summed E-state index contributed by atoms with van der Waals surface area (Å²) in [6, 6.07) is 0.673. The minimum Gasteiger partial charge on any atom is -0.465 e. The maximum Gasteiger partial charge on any atom is 0.326 e. The molecule has 3 rings (SSSR count).